The predicted octanol–water partition coefficient (Wildman–Crippen LogP) is 2.99. The average Bonchev–Trinajstić information content (AvgIpc) is 2.64. The first-order chi connectivity index (χ1) is 7.16. The Balaban J connectivity index is 2.36. The number of hydrogen-bond acceptors (Lipinski definition) is 3. The van der Waals surface area contributed by atoms with Crippen molar-refractivity contribution in [2.45, 2.75) is 13.8 Å². The number of nitrogens with zero attached hydrogens (tertiary/aromatic N) is 1. The fourth-order valence-corrected chi connectivity index (χ4v) is 2.05. The maximum atomic E-state index is 12.0. The molecule has 0 bridgehead atoms. The number of pyridine rings is 1. The third-order valence-electron chi connectivity index (χ3n) is 2.14. The quantitative estimate of drug-likeness (QED) is 0.724. The minimum atomic E-state index is 0.00282. The number of thiophene rings is 1. The van der Waals surface area contributed by atoms with E-state index >= 15 is 0 Å². The zero-order valence-electron chi connectivity index (χ0n) is 8.65. The lowest BCUT2D eigenvalue weighted by Gasteiger charge is -1.98. The molecule has 0 aliphatic rings. The second kappa shape index (κ2) is 3.95. The van der Waals surface area contributed by atoms with E-state index < -0.39 is 0 Å². The van der Waals surface area contributed by atoms with Gasteiger partial charge in [0.05, 0.1) is 0 Å². The zero-order valence-corrected chi connectivity index (χ0v) is 9.47. The Labute approximate surface area is 92.6 Å². The molecule has 2 aromatic rings. The van der Waals surface area contributed by atoms with E-state index in [1.54, 1.807) is 17.5 Å². The molecule has 0 spiro atoms. The SMILES string of the molecule is Cc1ccnc(C(=O)c2csc(C)c2)c1. The van der Waals surface area contributed by atoms with Crippen molar-refractivity contribution in [3.63, 3.8) is 0 Å². The van der Waals surface area contributed by atoms with Gasteiger partial charge in [0, 0.05) is 22.0 Å². The highest BCUT2D eigenvalue weighted by Crippen LogP contribution is 2.16. The summed E-state index contributed by atoms with van der Waals surface area (Å²) in [6.45, 7) is 3.95. The molecule has 0 aliphatic heterocycles. The van der Waals surface area contributed by atoms with Gasteiger partial charge in [0.25, 0.3) is 0 Å². The zero-order chi connectivity index (χ0) is 10.8. The number of ketones is 1. The maximum Gasteiger partial charge on any atom is 0.212 e. The van der Waals surface area contributed by atoms with E-state index in [1.807, 2.05) is 37.4 Å². The molecule has 2 rings (SSSR count). The van der Waals surface area contributed by atoms with Crippen LogP contribution in [0.25, 0.3) is 0 Å². The Kier molecular flexibility index (Phi) is 2.64. The van der Waals surface area contributed by atoms with Crippen molar-refractivity contribution in [1.82, 2.24) is 4.98 Å². The van der Waals surface area contributed by atoms with Crippen LogP contribution in [0.3, 0.4) is 0 Å². The van der Waals surface area contributed by atoms with Gasteiger partial charge >= 0.3 is 0 Å². The molecule has 0 atom stereocenters. The molecule has 2 nitrogen and oxygen atoms in total. The minimum Gasteiger partial charge on any atom is -0.287 e. The Morgan fingerprint density at radius 1 is 1.33 bits per heavy atom. The minimum absolute atomic E-state index is 0.00282. The summed E-state index contributed by atoms with van der Waals surface area (Å²) in [5, 5.41) is 1.88. The number of rotatable bonds is 2. The van der Waals surface area contributed by atoms with E-state index in [0.717, 1.165) is 16.0 Å². The van der Waals surface area contributed by atoms with Crippen molar-refractivity contribution in [3.05, 3.63) is 51.5 Å². The number of aryl methyl sites for hydroxylation is 2. The van der Waals surface area contributed by atoms with Crippen LogP contribution in [0.2, 0.25) is 0 Å². The lowest BCUT2D eigenvalue weighted by Crippen LogP contribution is -2.02. The molecule has 0 N–H and O–H groups in total. The topological polar surface area (TPSA) is 30.0 Å². The van der Waals surface area contributed by atoms with Crippen LogP contribution in [0, 0.1) is 13.8 Å². The van der Waals surface area contributed by atoms with Crippen LogP contribution in [-0.4, -0.2) is 10.8 Å². The molecule has 0 amide bonds. The Morgan fingerprint density at radius 3 is 2.73 bits per heavy atom. The number of carbonyl (C=O) groups excluding carboxylic acids is 1. The molecule has 0 unspecified atom stereocenters. The maximum absolute atomic E-state index is 12.0. The van der Waals surface area contributed by atoms with E-state index in [2.05, 4.69) is 4.98 Å². The summed E-state index contributed by atoms with van der Waals surface area (Å²) in [5.74, 6) is 0.00282. The normalized spacial score (nSPS) is 10.3. The molecule has 76 valence electrons. The van der Waals surface area contributed by atoms with E-state index in [4.69, 9.17) is 0 Å². The Hall–Kier alpha value is -1.48. The highest BCUT2D eigenvalue weighted by atomic mass is 32.1. The van der Waals surface area contributed by atoms with Gasteiger partial charge in [-0.15, -0.1) is 11.3 Å². The van der Waals surface area contributed by atoms with Gasteiger partial charge in [-0.05, 0) is 37.6 Å². The summed E-state index contributed by atoms with van der Waals surface area (Å²) in [5.41, 5.74) is 2.31. The van der Waals surface area contributed by atoms with Crippen LogP contribution in [0.4, 0.5) is 0 Å². The molecular formula is C12H11NOS. The van der Waals surface area contributed by atoms with E-state index in [0.29, 0.717) is 5.69 Å². The van der Waals surface area contributed by atoms with E-state index in [-0.39, 0.29) is 5.78 Å². The van der Waals surface area contributed by atoms with Gasteiger partial charge < -0.3 is 0 Å². The molecule has 0 saturated heterocycles. The highest BCUT2D eigenvalue weighted by molar-refractivity contribution is 7.10. The predicted molar refractivity (Wildman–Crippen MR) is 61.5 cm³/mol. The molecule has 0 radical (unpaired) electrons. The molecular weight excluding hydrogens is 206 g/mol. The van der Waals surface area contributed by atoms with Crippen LogP contribution in [0.15, 0.2) is 29.8 Å². The van der Waals surface area contributed by atoms with Gasteiger partial charge in [0.1, 0.15) is 5.69 Å². The molecule has 2 aromatic heterocycles. The molecule has 2 heterocycles. The smallest absolute Gasteiger partial charge is 0.212 e. The van der Waals surface area contributed by atoms with Crippen molar-refractivity contribution in [2.24, 2.45) is 0 Å². The summed E-state index contributed by atoms with van der Waals surface area (Å²) in [4.78, 5) is 17.2. The van der Waals surface area contributed by atoms with Crippen LogP contribution < -0.4 is 0 Å². The summed E-state index contributed by atoms with van der Waals surface area (Å²) in [6.07, 6.45) is 1.67. The third-order valence-corrected chi connectivity index (χ3v) is 3.00. The van der Waals surface area contributed by atoms with E-state index in [1.165, 1.54) is 0 Å². The molecule has 0 fully saturated rings. The lowest BCUT2D eigenvalue weighted by molar-refractivity contribution is 0.103. The monoisotopic (exact) mass is 217 g/mol. The molecule has 0 aliphatic carbocycles. The van der Waals surface area contributed by atoms with Crippen LogP contribution in [0.1, 0.15) is 26.5 Å². The number of hydrogen-bond donors (Lipinski definition) is 0. The second-order valence-electron chi connectivity index (χ2n) is 3.49. The molecule has 3 heteroatoms. The van der Waals surface area contributed by atoms with Gasteiger partial charge in [-0.3, -0.25) is 9.78 Å². The number of carbonyl (C=O) groups is 1. The average molecular weight is 217 g/mol. The van der Waals surface area contributed by atoms with Crippen LogP contribution in [0.5, 0.6) is 0 Å². The van der Waals surface area contributed by atoms with Gasteiger partial charge in [-0.2, -0.15) is 0 Å². The Morgan fingerprint density at radius 2 is 2.13 bits per heavy atom. The summed E-state index contributed by atoms with van der Waals surface area (Å²) in [6, 6.07) is 5.60. The van der Waals surface area contributed by atoms with Gasteiger partial charge in [-0.1, -0.05) is 0 Å². The van der Waals surface area contributed by atoms with Gasteiger partial charge in [0.15, 0.2) is 0 Å². The first kappa shape index (κ1) is 10.1. The van der Waals surface area contributed by atoms with Gasteiger partial charge in [0.2, 0.25) is 5.78 Å². The van der Waals surface area contributed by atoms with Crippen molar-refractivity contribution in [3.8, 4) is 0 Å². The highest BCUT2D eigenvalue weighted by Gasteiger charge is 2.11. The van der Waals surface area contributed by atoms with Crippen molar-refractivity contribution < 1.29 is 4.79 Å². The molecule has 0 saturated carbocycles. The first-order valence-electron chi connectivity index (χ1n) is 4.69. The largest absolute Gasteiger partial charge is 0.287 e. The van der Waals surface area contributed by atoms with Gasteiger partial charge in [-0.25, -0.2) is 0 Å². The standard InChI is InChI=1S/C12H11NOS/c1-8-3-4-13-11(5-8)12(14)10-6-9(2)15-7-10/h3-7H,1-2H3. The van der Waals surface area contributed by atoms with Crippen LogP contribution >= 0.6 is 11.3 Å². The Bertz CT molecular complexity index is 502. The van der Waals surface area contributed by atoms with Crippen molar-refractivity contribution >= 4 is 17.1 Å². The molecule has 0 aromatic carbocycles. The van der Waals surface area contributed by atoms with E-state index in [9.17, 15) is 4.79 Å². The fourth-order valence-electron chi connectivity index (χ4n) is 1.37. The van der Waals surface area contributed by atoms with Crippen molar-refractivity contribution in [2.75, 3.05) is 0 Å². The summed E-state index contributed by atoms with van der Waals surface area (Å²) < 4.78 is 0. The first-order valence-corrected chi connectivity index (χ1v) is 5.57. The lowest BCUT2D eigenvalue weighted by atomic mass is 10.1. The molecule has 15 heavy (non-hydrogen) atoms. The number of aromatic nitrogens is 1. The summed E-state index contributed by atoms with van der Waals surface area (Å²) in [7, 11) is 0. The summed E-state index contributed by atoms with van der Waals surface area (Å²) >= 11 is 1.58. The fraction of sp³-hybridized carbons (Fsp3) is 0.167. The van der Waals surface area contributed by atoms with Crippen LogP contribution in [-0.2, 0) is 0 Å². The second-order valence-corrected chi connectivity index (χ2v) is 4.61. The third kappa shape index (κ3) is 2.13. The van der Waals surface area contributed by atoms with Crippen molar-refractivity contribution in [1.29, 1.82) is 0 Å².